The quantitative estimate of drug-likeness (QED) is 0.668. The number of nitrogens with zero attached hydrogens (tertiary/aromatic N) is 2. The van der Waals surface area contributed by atoms with Crippen molar-refractivity contribution in [1.29, 1.82) is 0 Å². The van der Waals surface area contributed by atoms with Crippen molar-refractivity contribution in [3.05, 3.63) is 54.6 Å². The van der Waals surface area contributed by atoms with Crippen LogP contribution in [0.1, 0.15) is 0 Å². The van der Waals surface area contributed by atoms with Gasteiger partial charge >= 0.3 is 0 Å². The number of anilines is 2. The molecule has 0 atom stereocenters. The van der Waals surface area contributed by atoms with E-state index in [-0.39, 0.29) is 11.6 Å². The van der Waals surface area contributed by atoms with Crippen LogP contribution in [0.5, 0.6) is 28.9 Å². The highest BCUT2D eigenvalue weighted by Gasteiger charge is 2.14. The van der Waals surface area contributed by atoms with E-state index in [0.717, 1.165) is 0 Å². The average Bonchev–Trinajstić information content (AvgIpc) is 2.69. The number of hydrogen-bond donors (Lipinski definition) is 1. The summed E-state index contributed by atoms with van der Waals surface area (Å²) in [6, 6.07) is 9.53. The predicted octanol–water partition coefficient (Wildman–Crippen LogP) is 4.18. The van der Waals surface area contributed by atoms with E-state index in [9.17, 15) is 4.39 Å². The first-order valence-electron chi connectivity index (χ1n) is 7.96. The summed E-state index contributed by atoms with van der Waals surface area (Å²) < 4.78 is 35.1. The molecule has 27 heavy (non-hydrogen) atoms. The normalized spacial score (nSPS) is 10.2. The lowest BCUT2D eigenvalue weighted by atomic mass is 10.2. The fourth-order valence-corrected chi connectivity index (χ4v) is 2.40. The van der Waals surface area contributed by atoms with Crippen LogP contribution in [-0.4, -0.2) is 31.3 Å². The third-order valence-electron chi connectivity index (χ3n) is 3.60. The Labute approximate surface area is 155 Å². The zero-order valence-corrected chi connectivity index (χ0v) is 15.0. The average molecular weight is 371 g/mol. The number of rotatable bonds is 7. The van der Waals surface area contributed by atoms with Gasteiger partial charge in [0.05, 0.1) is 33.7 Å². The maximum atomic E-state index is 13.7. The van der Waals surface area contributed by atoms with Gasteiger partial charge < -0.3 is 24.3 Å². The van der Waals surface area contributed by atoms with Crippen LogP contribution in [0.2, 0.25) is 0 Å². The summed E-state index contributed by atoms with van der Waals surface area (Å²) in [5.41, 5.74) is 0.641. The van der Waals surface area contributed by atoms with E-state index in [4.69, 9.17) is 18.9 Å². The van der Waals surface area contributed by atoms with Crippen molar-refractivity contribution >= 4 is 11.5 Å². The van der Waals surface area contributed by atoms with Crippen LogP contribution in [0, 0.1) is 5.82 Å². The molecule has 0 spiro atoms. The molecule has 3 rings (SSSR count). The van der Waals surface area contributed by atoms with E-state index >= 15 is 0 Å². The van der Waals surface area contributed by atoms with Gasteiger partial charge in [-0.15, -0.1) is 0 Å². The van der Waals surface area contributed by atoms with E-state index in [1.165, 1.54) is 45.9 Å². The molecule has 2 aromatic carbocycles. The summed E-state index contributed by atoms with van der Waals surface area (Å²) in [6.45, 7) is 0. The van der Waals surface area contributed by atoms with E-state index < -0.39 is 5.82 Å². The van der Waals surface area contributed by atoms with Gasteiger partial charge in [-0.3, -0.25) is 4.98 Å². The summed E-state index contributed by atoms with van der Waals surface area (Å²) >= 11 is 0. The summed E-state index contributed by atoms with van der Waals surface area (Å²) in [7, 11) is 4.59. The van der Waals surface area contributed by atoms with Crippen LogP contribution in [0.25, 0.3) is 0 Å². The molecule has 0 radical (unpaired) electrons. The third-order valence-corrected chi connectivity index (χ3v) is 3.60. The molecule has 1 heterocycles. The van der Waals surface area contributed by atoms with Gasteiger partial charge in [-0.1, -0.05) is 12.1 Å². The van der Waals surface area contributed by atoms with Gasteiger partial charge in [0, 0.05) is 17.8 Å². The highest BCUT2D eigenvalue weighted by molar-refractivity contribution is 5.66. The number of nitrogens with one attached hydrogen (secondary N) is 1. The molecule has 0 amide bonds. The first-order chi connectivity index (χ1) is 13.1. The molecule has 0 saturated carbocycles. The Kier molecular flexibility index (Phi) is 5.55. The third kappa shape index (κ3) is 4.17. The molecule has 7 nitrogen and oxygen atoms in total. The molecule has 0 unspecified atom stereocenters. The van der Waals surface area contributed by atoms with Crippen molar-refractivity contribution in [2.24, 2.45) is 0 Å². The standard InChI is InChI=1S/C19H18FN3O4/c1-24-15-8-12(9-16(25-2)19(15)26-3)22-17-10-21-11-18(23-17)27-14-7-5-4-6-13(14)20/h4-11H,1-3H3,(H,22,23). The second-order valence-corrected chi connectivity index (χ2v) is 5.31. The lowest BCUT2D eigenvalue weighted by Gasteiger charge is -2.15. The zero-order valence-electron chi connectivity index (χ0n) is 15.0. The molecule has 0 aliphatic rings. The molecule has 8 heteroatoms. The smallest absolute Gasteiger partial charge is 0.239 e. The van der Waals surface area contributed by atoms with E-state index in [0.29, 0.717) is 28.8 Å². The minimum Gasteiger partial charge on any atom is -0.493 e. The SMILES string of the molecule is COc1cc(Nc2cncc(Oc3ccccc3F)n2)cc(OC)c1OC. The van der Waals surface area contributed by atoms with Crippen LogP contribution in [-0.2, 0) is 0 Å². The number of benzene rings is 2. The minimum atomic E-state index is -0.484. The summed E-state index contributed by atoms with van der Waals surface area (Å²) in [5.74, 6) is 1.60. The zero-order chi connectivity index (χ0) is 19.2. The van der Waals surface area contributed by atoms with Crippen molar-refractivity contribution in [3.8, 4) is 28.9 Å². The molecule has 0 bridgehead atoms. The van der Waals surface area contributed by atoms with Crippen molar-refractivity contribution in [1.82, 2.24) is 9.97 Å². The van der Waals surface area contributed by atoms with Gasteiger partial charge in [-0.25, -0.2) is 4.39 Å². The second kappa shape index (κ2) is 8.22. The molecule has 0 aliphatic heterocycles. The van der Waals surface area contributed by atoms with Gasteiger partial charge in [0.1, 0.15) is 0 Å². The molecular weight excluding hydrogens is 353 g/mol. The molecule has 3 aromatic rings. The van der Waals surface area contributed by atoms with Crippen LogP contribution >= 0.6 is 0 Å². The van der Waals surface area contributed by atoms with Crippen LogP contribution in [0.3, 0.4) is 0 Å². The van der Waals surface area contributed by atoms with E-state index in [2.05, 4.69) is 15.3 Å². The number of ether oxygens (including phenoxy) is 4. The topological polar surface area (TPSA) is 74.7 Å². The van der Waals surface area contributed by atoms with Crippen LogP contribution < -0.4 is 24.3 Å². The number of hydrogen-bond acceptors (Lipinski definition) is 7. The summed E-state index contributed by atoms with van der Waals surface area (Å²) in [6.07, 6.45) is 2.91. The fourth-order valence-electron chi connectivity index (χ4n) is 2.40. The lowest BCUT2D eigenvalue weighted by Crippen LogP contribution is -2.00. The Morgan fingerprint density at radius 3 is 2.22 bits per heavy atom. The van der Waals surface area contributed by atoms with Crippen molar-refractivity contribution in [2.45, 2.75) is 0 Å². The number of aromatic nitrogens is 2. The maximum absolute atomic E-state index is 13.7. The Morgan fingerprint density at radius 2 is 1.59 bits per heavy atom. The number of halogens is 1. The molecule has 1 N–H and O–H groups in total. The largest absolute Gasteiger partial charge is 0.493 e. The summed E-state index contributed by atoms with van der Waals surface area (Å²) in [4.78, 5) is 8.35. The van der Waals surface area contributed by atoms with Crippen molar-refractivity contribution < 1.29 is 23.3 Å². The van der Waals surface area contributed by atoms with E-state index in [1.807, 2.05) is 0 Å². The Morgan fingerprint density at radius 1 is 0.889 bits per heavy atom. The first-order valence-corrected chi connectivity index (χ1v) is 7.96. The highest BCUT2D eigenvalue weighted by atomic mass is 19.1. The Bertz CT molecular complexity index is 911. The van der Waals surface area contributed by atoms with Gasteiger partial charge in [-0.05, 0) is 12.1 Å². The highest BCUT2D eigenvalue weighted by Crippen LogP contribution is 2.40. The minimum absolute atomic E-state index is 0.0664. The molecule has 140 valence electrons. The van der Waals surface area contributed by atoms with E-state index in [1.54, 1.807) is 24.3 Å². The van der Waals surface area contributed by atoms with Crippen LogP contribution in [0.15, 0.2) is 48.8 Å². The molecule has 1 aromatic heterocycles. The predicted molar refractivity (Wildman–Crippen MR) is 97.9 cm³/mol. The molecule has 0 saturated heterocycles. The van der Waals surface area contributed by atoms with Gasteiger partial charge in [0.25, 0.3) is 0 Å². The molecule has 0 fully saturated rings. The van der Waals surface area contributed by atoms with Crippen molar-refractivity contribution in [2.75, 3.05) is 26.6 Å². The molecular formula is C19H18FN3O4. The van der Waals surface area contributed by atoms with Gasteiger partial charge in [0.2, 0.25) is 11.6 Å². The monoisotopic (exact) mass is 371 g/mol. The van der Waals surface area contributed by atoms with Gasteiger partial charge in [0.15, 0.2) is 28.9 Å². The summed E-state index contributed by atoms with van der Waals surface area (Å²) in [5, 5.41) is 3.08. The first kappa shape index (κ1) is 18.2. The number of para-hydroxylation sites is 1. The fraction of sp³-hybridized carbons (Fsp3) is 0.158. The Hall–Kier alpha value is -3.55. The van der Waals surface area contributed by atoms with Crippen molar-refractivity contribution in [3.63, 3.8) is 0 Å². The van der Waals surface area contributed by atoms with Crippen LogP contribution in [0.4, 0.5) is 15.9 Å². The molecule has 0 aliphatic carbocycles. The Balaban J connectivity index is 1.85. The second-order valence-electron chi connectivity index (χ2n) is 5.31. The van der Waals surface area contributed by atoms with Gasteiger partial charge in [-0.2, -0.15) is 4.98 Å². The number of methoxy groups -OCH3 is 3. The lowest BCUT2D eigenvalue weighted by molar-refractivity contribution is 0.324. The maximum Gasteiger partial charge on any atom is 0.239 e.